The van der Waals surface area contributed by atoms with Gasteiger partial charge in [0.15, 0.2) is 0 Å². The molecule has 2 heterocycles. The average molecular weight is 297 g/mol. The molecule has 0 unspecified atom stereocenters. The summed E-state index contributed by atoms with van der Waals surface area (Å²) in [6.45, 7) is 5.02. The molecule has 0 saturated carbocycles. The van der Waals surface area contributed by atoms with E-state index in [9.17, 15) is 4.79 Å². The van der Waals surface area contributed by atoms with Crippen LogP contribution in [-0.2, 0) is 4.79 Å². The number of carbonyl (C=O) groups is 1. The number of nitrogens with zero attached hydrogens (tertiary/aromatic N) is 1. The zero-order valence-electron chi connectivity index (χ0n) is 13.2. The van der Waals surface area contributed by atoms with Gasteiger partial charge >= 0.3 is 0 Å². The molecule has 0 spiro atoms. The Morgan fingerprint density at radius 1 is 1.36 bits per heavy atom. The second-order valence-corrected chi connectivity index (χ2v) is 6.08. The van der Waals surface area contributed by atoms with Gasteiger partial charge in [0, 0.05) is 18.3 Å². The summed E-state index contributed by atoms with van der Waals surface area (Å²) in [6, 6.07) is 8.45. The van der Waals surface area contributed by atoms with Gasteiger partial charge in [-0.2, -0.15) is 0 Å². The molecule has 1 fully saturated rings. The lowest BCUT2D eigenvalue weighted by Crippen LogP contribution is -2.41. The van der Waals surface area contributed by atoms with E-state index in [-0.39, 0.29) is 18.0 Å². The van der Waals surface area contributed by atoms with Crippen LogP contribution in [0.2, 0.25) is 0 Å². The van der Waals surface area contributed by atoms with Crippen molar-refractivity contribution in [3.05, 3.63) is 41.1 Å². The van der Waals surface area contributed by atoms with Gasteiger partial charge in [0.05, 0.1) is 12.1 Å². The van der Waals surface area contributed by atoms with Gasteiger partial charge in [0.1, 0.15) is 0 Å². The number of carbonyl (C=O) groups excluding carboxylic acids is 1. The van der Waals surface area contributed by atoms with Crippen molar-refractivity contribution in [2.45, 2.75) is 45.2 Å². The number of rotatable bonds is 4. The molecule has 3 rings (SSSR count). The van der Waals surface area contributed by atoms with E-state index in [2.05, 4.69) is 39.9 Å². The number of allylic oxidation sites excluding steroid dienone is 2. The van der Waals surface area contributed by atoms with Crippen molar-refractivity contribution in [1.82, 2.24) is 10.6 Å². The Bertz CT molecular complexity index is 610. The van der Waals surface area contributed by atoms with E-state index in [0.29, 0.717) is 0 Å². The topological polar surface area (TPSA) is 53.5 Å². The molecule has 0 aliphatic carbocycles. The van der Waals surface area contributed by atoms with Gasteiger partial charge in [0.25, 0.3) is 0 Å². The number of hydrogen-bond acceptors (Lipinski definition) is 3. The highest BCUT2D eigenvalue weighted by Gasteiger charge is 2.23. The molecule has 2 N–H and O–H groups in total. The summed E-state index contributed by atoms with van der Waals surface area (Å²) in [5, 5.41) is 6.33. The second-order valence-electron chi connectivity index (χ2n) is 6.08. The molecular weight excluding hydrogens is 274 g/mol. The summed E-state index contributed by atoms with van der Waals surface area (Å²) in [6.07, 6.45) is 4.88. The number of aliphatic imine (C=N–C) groups is 1. The Morgan fingerprint density at radius 3 is 2.73 bits per heavy atom. The van der Waals surface area contributed by atoms with Crippen LogP contribution in [0.25, 0.3) is 5.57 Å². The lowest BCUT2D eigenvalue weighted by molar-refractivity contribution is -0.123. The summed E-state index contributed by atoms with van der Waals surface area (Å²) in [5.74, 6) is 0.108. The summed E-state index contributed by atoms with van der Waals surface area (Å²) < 4.78 is 0. The highest BCUT2D eigenvalue weighted by Crippen LogP contribution is 2.27. The van der Waals surface area contributed by atoms with Crippen LogP contribution in [0.3, 0.4) is 0 Å². The fourth-order valence-corrected chi connectivity index (χ4v) is 3.10. The van der Waals surface area contributed by atoms with Gasteiger partial charge in [0.2, 0.25) is 5.91 Å². The van der Waals surface area contributed by atoms with Crippen molar-refractivity contribution in [3.63, 3.8) is 0 Å². The highest BCUT2D eigenvalue weighted by molar-refractivity contribution is 5.86. The van der Waals surface area contributed by atoms with Gasteiger partial charge in [-0.3, -0.25) is 9.79 Å². The van der Waals surface area contributed by atoms with Crippen LogP contribution in [0.1, 0.15) is 50.3 Å². The van der Waals surface area contributed by atoms with E-state index in [1.807, 2.05) is 20.1 Å². The van der Waals surface area contributed by atoms with Crippen LogP contribution in [0.15, 0.2) is 35.0 Å². The maximum Gasteiger partial charge on any atom is 0.237 e. The minimum Gasteiger partial charge on any atom is -0.348 e. The second kappa shape index (κ2) is 6.44. The number of amides is 1. The van der Waals surface area contributed by atoms with Crippen LogP contribution in [0.5, 0.6) is 0 Å². The Labute approximate surface area is 131 Å². The van der Waals surface area contributed by atoms with E-state index >= 15 is 0 Å². The number of hydrogen-bond donors (Lipinski definition) is 2. The minimum absolute atomic E-state index is 0.0230. The normalized spacial score (nSPS) is 22.2. The van der Waals surface area contributed by atoms with Crippen LogP contribution >= 0.6 is 0 Å². The molecule has 2 atom stereocenters. The molecule has 1 aromatic carbocycles. The Kier molecular flexibility index (Phi) is 4.39. The molecule has 1 amide bonds. The van der Waals surface area contributed by atoms with Crippen molar-refractivity contribution in [2.24, 2.45) is 4.99 Å². The molecule has 4 nitrogen and oxygen atoms in total. The Hall–Kier alpha value is -1.94. The first kappa shape index (κ1) is 15.0. The summed E-state index contributed by atoms with van der Waals surface area (Å²) >= 11 is 0. The van der Waals surface area contributed by atoms with Gasteiger partial charge in [-0.15, -0.1) is 0 Å². The van der Waals surface area contributed by atoms with Gasteiger partial charge in [-0.1, -0.05) is 24.3 Å². The predicted octanol–water partition coefficient (Wildman–Crippen LogP) is 2.82. The highest BCUT2D eigenvalue weighted by atomic mass is 16.2. The van der Waals surface area contributed by atoms with Crippen molar-refractivity contribution in [1.29, 1.82) is 0 Å². The zero-order chi connectivity index (χ0) is 15.5. The minimum atomic E-state index is -0.0230. The van der Waals surface area contributed by atoms with Gasteiger partial charge in [-0.25, -0.2) is 0 Å². The molecule has 4 heteroatoms. The van der Waals surface area contributed by atoms with Crippen LogP contribution in [-0.4, -0.2) is 24.7 Å². The third kappa shape index (κ3) is 3.12. The summed E-state index contributed by atoms with van der Waals surface area (Å²) in [4.78, 5) is 16.5. The average Bonchev–Trinajstić information content (AvgIpc) is 3.18. The molecule has 2 aliphatic heterocycles. The van der Waals surface area contributed by atoms with Crippen LogP contribution in [0, 0.1) is 0 Å². The summed E-state index contributed by atoms with van der Waals surface area (Å²) in [5.41, 5.74) is 4.74. The standard InChI is InChI=1S/C18H23N3O/c1-12(21-18(22)17-4-3-10-20-17)14-5-7-15(8-6-14)16-9-11-19-13(16)2/h5-8,11-12,17,20H,3-4,9-10H2,1-2H3,(H,21,22)/t12-,17-/m0/s1. The van der Waals surface area contributed by atoms with E-state index in [1.165, 1.54) is 11.1 Å². The number of benzene rings is 1. The lowest BCUT2D eigenvalue weighted by atomic mass is 9.99. The van der Waals surface area contributed by atoms with Crippen LogP contribution < -0.4 is 10.6 Å². The zero-order valence-corrected chi connectivity index (χ0v) is 13.2. The van der Waals surface area contributed by atoms with E-state index in [4.69, 9.17) is 0 Å². The molecule has 0 radical (unpaired) electrons. The monoisotopic (exact) mass is 297 g/mol. The van der Waals surface area contributed by atoms with Gasteiger partial charge < -0.3 is 10.6 Å². The first-order chi connectivity index (χ1) is 10.6. The molecule has 0 bridgehead atoms. The largest absolute Gasteiger partial charge is 0.348 e. The van der Waals surface area contributed by atoms with E-state index in [0.717, 1.165) is 37.1 Å². The molecule has 1 saturated heterocycles. The van der Waals surface area contributed by atoms with E-state index in [1.54, 1.807) is 0 Å². The van der Waals surface area contributed by atoms with Gasteiger partial charge in [-0.05, 0) is 49.9 Å². The van der Waals surface area contributed by atoms with Crippen LogP contribution in [0.4, 0.5) is 0 Å². The van der Waals surface area contributed by atoms with Crippen molar-refractivity contribution < 1.29 is 4.79 Å². The lowest BCUT2D eigenvalue weighted by Gasteiger charge is -2.18. The van der Waals surface area contributed by atoms with Crippen molar-refractivity contribution in [2.75, 3.05) is 6.54 Å². The molecule has 0 aromatic heterocycles. The Balaban J connectivity index is 1.64. The Morgan fingerprint density at radius 2 is 2.14 bits per heavy atom. The molecule has 1 aromatic rings. The fraction of sp³-hybridized carbons (Fsp3) is 0.444. The smallest absolute Gasteiger partial charge is 0.237 e. The SMILES string of the molecule is CC1=C(c2ccc([C@H](C)NC(=O)[C@@H]3CCCN3)cc2)CC=N1. The molecular formula is C18H23N3O. The quantitative estimate of drug-likeness (QED) is 0.898. The first-order valence-corrected chi connectivity index (χ1v) is 8.01. The summed E-state index contributed by atoms with van der Waals surface area (Å²) in [7, 11) is 0. The molecule has 2 aliphatic rings. The molecule has 116 valence electrons. The third-order valence-electron chi connectivity index (χ3n) is 4.51. The first-order valence-electron chi connectivity index (χ1n) is 8.01. The number of nitrogens with one attached hydrogen (secondary N) is 2. The molecule has 22 heavy (non-hydrogen) atoms. The maximum atomic E-state index is 12.2. The maximum absolute atomic E-state index is 12.2. The third-order valence-corrected chi connectivity index (χ3v) is 4.51. The van der Waals surface area contributed by atoms with Crippen molar-refractivity contribution in [3.8, 4) is 0 Å². The fourth-order valence-electron chi connectivity index (χ4n) is 3.10. The van der Waals surface area contributed by atoms with Crippen molar-refractivity contribution >= 4 is 17.7 Å². The van der Waals surface area contributed by atoms with E-state index < -0.39 is 0 Å². The predicted molar refractivity (Wildman–Crippen MR) is 89.7 cm³/mol.